The monoisotopic (exact) mass is 960 g/mol. The normalized spacial score (nSPS) is 15.5. The summed E-state index contributed by atoms with van der Waals surface area (Å²) in [5.74, 6) is 0.301. The maximum atomic E-state index is 12.8. The van der Waals surface area contributed by atoms with Gasteiger partial charge in [-0.3, -0.25) is 24.3 Å². The number of carbonyl (C=O) groups is 6. The Morgan fingerprint density at radius 1 is 0.955 bits per heavy atom. The molecule has 1 aliphatic heterocycles. The zero-order chi connectivity index (χ0) is 52.4. The molecule has 0 aliphatic carbocycles. The average Bonchev–Trinajstić information content (AvgIpc) is 3.77. The first-order valence-corrected chi connectivity index (χ1v) is 23.7. The zero-order valence-electron chi connectivity index (χ0n) is 44.1. The van der Waals surface area contributed by atoms with Crippen LogP contribution in [0.1, 0.15) is 113 Å². The number of nitrogens with zero attached hydrogens (tertiary/aromatic N) is 3. The molecule has 1 fully saturated rings. The van der Waals surface area contributed by atoms with Gasteiger partial charge in [-0.25, -0.2) is 0 Å². The molecule has 8 atom stereocenters. The molecule has 388 valence electrons. The lowest BCUT2D eigenvalue weighted by atomic mass is 9.90. The second-order valence-corrected chi connectivity index (χ2v) is 16.6. The molecule has 9 N–H and O–H groups in total. The molecule has 1 aliphatic rings. The van der Waals surface area contributed by atoms with E-state index in [1.54, 1.807) is 26.0 Å². The fourth-order valence-corrected chi connectivity index (χ4v) is 6.84. The van der Waals surface area contributed by atoms with Crippen molar-refractivity contribution in [2.75, 3.05) is 74.4 Å². The van der Waals surface area contributed by atoms with Crippen LogP contribution in [0.15, 0.2) is 24.3 Å². The number of ether oxygens (including phenoxy) is 2. The Morgan fingerprint density at radius 3 is 1.89 bits per heavy atom. The van der Waals surface area contributed by atoms with Crippen LogP contribution in [0.5, 0.6) is 0 Å². The van der Waals surface area contributed by atoms with Crippen LogP contribution in [0.2, 0.25) is 0 Å². The van der Waals surface area contributed by atoms with Crippen molar-refractivity contribution in [2.24, 2.45) is 34.4 Å². The van der Waals surface area contributed by atoms with Crippen molar-refractivity contribution in [1.82, 2.24) is 25.3 Å². The molecule has 1 saturated heterocycles. The highest BCUT2D eigenvalue weighted by molar-refractivity contribution is 7.77. The number of nitrogens with two attached hydrogens (primary N) is 3. The quantitative estimate of drug-likeness (QED) is 0.0624. The fourth-order valence-electron chi connectivity index (χ4n) is 6.84. The summed E-state index contributed by atoms with van der Waals surface area (Å²) < 4.78 is 10.9. The molecule has 18 heteroatoms. The van der Waals surface area contributed by atoms with Crippen LogP contribution < -0.4 is 32.6 Å². The summed E-state index contributed by atoms with van der Waals surface area (Å²) in [4.78, 5) is 69.4. The van der Waals surface area contributed by atoms with E-state index in [4.69, 9.17) is 15.2 Å². The molecule has 2 rings (SSSR count). The largest absolute Gasteiger partial charge is 0.388 e. The molecule has 0 spiro atoms. The SMILES string of the molecule is CC(N)=O.CC(N)C(=O)NCC=O.CCC.CCC(C)C(C(CC)OC)N(C)C(=O)CC(C(C)C)N(C)C.CNCCc1cccc(NC)c1.COC(C(C)C=O)C1CCCN1C=O.NS. The summed E-state index contributed by atoms with van der Waals surface area (Å²) in [6.45, 7) is 21.6. The Kier molecular flexibility index (Phi) is 50.2. The summed E-state index contributed by atoms with van der Waals surface area (Å²) in [6, 6.07) is 8.43. The molecule has 0 bridgehead atoms. The molecule has 1 aromatic carbocycles. The minimum Gasteiger partial charge on any atom is -0.388 e. The van der Waals surface area contributed by atoms with Gasteiger partial charge in [0.1, 0.15) is 12.6 Å². The Balaban J connectivity index is -0.000000245. The highest BCUT2D eigenvalue weighted by atomic mass is 32.1. The minimum absolute atomic E-state index is 0.0420. The Bertz CT molecular complexity index is 1350. The zero-order valence-corrected chi connectivity index (χ0v) is 45.0. The van der Waals surface area contributed by atoms with Gasteiger partial charge in [-0.15, -0.1) is 12.8 Å². The third kappa shape index (κ3) is 34.6. The van der Waals surface area contributed by atoms with Gasteiger partial charge in [0.05, 0.1) is 36.9 Å². The minimum atomic E-state index is -0.537. The number of anilines is 1. The molecule has 66 heavy (non-hydrogen) atoms. The first-order valence-electron chi connectivity index (χ1n) is 23.2. The molecule has 8 unspecified atom stereocenters. The summed E-state index contributed by atoms with van der Waals surface area (Å²) in [5.41, 5.74) is 12.2. The molecule has 1 heterocycles. The van der Waals surface area contributed by atoms with Crippen molar-refractivity contribution in [3.05, 3.63) is 29.8 Å². The number of likely N-dealkylation sites (N-methyl/N-ethyl adjacent to an activating group) is 2. The molecule has 0 radical (unpaired) electrons. The van der Waals surface area contributed by atoms with Crippen LogP contribution in [0.3, 0.4) is 0 Å². The van der Waals surface area contributed by atoms with E-state index >= 15 is 0 Å². The van der Waals surface area contributed by atoms with Gasteiger partial charge < -0.3 is 61.2 Å². The third-order valence-electron chi connectivity index (χ3n) is 10.5. The lowest BCUT2D eigenvalue weighted by molar-refractivity contribution is -0.138. The molecule has 0 aromatic heterocycles. The van der Waals surface area contributed by atoms with E-state index in [-0.39, 0.29) is 60.5 Å². The number of amides is 4. The number of likely N-dealkylation sites (tertiary alicyclic amines) is 1. The highest BCUT2D eigenvalue weighted by Gasteiger charge is 2.35. The molecular formula is C48H97N9O8S. The van der Waals surface area contributed by atoms with Crippen LogP contribution in [-0.4, -0.2) is 157 Å². The summed E-state index contributed by atoms with van der Waals surface area (Å²) in [6.07, 6.45) is 9.07. The molecular weight excluding hydrogens is 863 g/mol. The van der Waals surface area contributed by atoms with Gasteiger partial charge in [-0.05, 0) is 89.8 Å². The van der Waals surface area contributed by atoms with E-state index in [1.807, 2.05) is 47.1 Å². The van der Waals surface area contributed by atoms with Crippen molar-refractivity contribution in [3.8, 4) is 0 Å². The van der Waals surface area contributed by atoms with Gasteiger partial charge in [0.2, 0.25) is 24.1 Å². The molecule has 0 saturated carbocycles. The Morgan fingerprint density at radius 2 is 1.52 bits per heavy atom. The number of benzene rings is 1. The van der Waals surface area contributed by atoms with Crippen LogP contribution >= 0.6 is 12.8 Å². The van der Waals surface area contributed by atoms with Crippen LogP contribution in [0.4, 0.5) is 5.69 Å². The van der Waals surface area contributed by atoms with Crippen molar-refractivity contribution < 1.29 is 38.2 Å². The third-order valence-corrected chi connectivity index (χ3v) is 10.5. The summed E-state index contributed by atoms with van der Waals surface area (Å²) in [5, 5.41) is 12.8. The standard InChI is InChI=1S/C18H38N2O2.C10H16N2.C10H17NO3.C5H10N2O2.C3H8.C2H5NO.H3NS/c1-10-14(5)18(16(11-2)22-9)20(8)17(21)12-15(13(3)4)19(6)7;1-11-7-6-9-4-3-5-10(8-9)12-2;1-8(6-12)10(14-2)9-4-3-5-11(9)7-13;1-4(6)5(9)7-2-3-8;1-3-2;1-2(3)4;1-2/h13-16,18H,10-12H2,1-9H3;3-5,8,11-12H,6-7H2,1-2H3;6-10H,3-5H2,1-2H3;3-4H,2,6H2,1H3,(H,7,9);3H2,1-2H3;1H3,(H2,3,4);2H,1H2. The van der Waals surface area contributed by atoms with Crippen molar-refractivity contribution >= 4 is 55.2 Å². The number of thiol groups is 1. The lowest BCUT2D eigenvalue weighted by Gasteiger charge is -2.39. The van der Waals surface area contributed by atoms with Crippen LogP contribution in [0, 0.1) is 17.8 Å². The predicted octanol–water partition coefficient (Wildman–Crippen LogP) is 4.55. The van der Waals surface area contributed by atoms with Gasteiger partial charge in [0.25, 0.3) is 0 Å². The van der Waals surface area contributed by atoms with E-state index in [0.29, 0.717) is 24.5 Å². The number of hydrogen-bond acceptors (Lipinski definition) is 14. The van der Waals surface area contributed by atoms with E-state index in [0.717, 1.165) is 57.9 Å². The molecule has 17 nitrogen and oxygen atoms in total. The van der Waals surface area contributed by atoms with Crippen molar-refractivity contribution in [3.63, 3.8) is 0 Å². The average molecular weight is 960 g/mol. The summed E-state index contributed by atoms with van der Waals surface area (Å²) >= 11 is 3.03. The fraction of sp³-hybridized carbons (Fsp3) is 0.750. The molecule has 4 amide bonds. The van der Waals surface area contributed by atoms with Gasteiger partial charge in [-0.1, -0.05) is 80.4 Å². The predicted molar refractivity (Wildman–Crippen MR) is 276 cm³/mol. The summed E-state index contributed by atoms with van der Waals surface area (Å²) in [7, 11) is 13.3. The van der Waals surface area contributed by atoms with Gasteiger partial charge in [-0.2, -0.15) is 0 Å². The number of nitrogens with one attached hydrogen (secondary N) is 3. The highest BCUT2D eigenvalue weighted by Crippen LogP contribution is 2.25. The van der Waals surface area contributed by atoms with E-state index in [9.17, 15) is 28.8 Å². The number of rotatable bonds is 22. The second-order valence-electron chi connectivity index (χ2n) is 16.6. The van der Waals surface area contributed by atoms with Gasteiger partial charge in [0, 0.05) is 65.9 Å². The smallest absolute Gasteiger partial charge is 0.236 e. The van der Waals surface area contributed by atoms with E-state index in [2.05, 4.69) is 117 Å². The van der Waals surface area contributed by atoms with Crippen LogP contribution in [0.25, 0.3) is 0 Å². The topological polar surface area (TPSA) is 245 Å². The van der Waals surface area contributed by atoms with Gasteiger partial charge >= 0.3 is 0 Å². The maximum absolute atomic E-state index is 12.8. The number of primary amides is 1. The second kappa shape index (κ2) is 46.5. The maximum Gasteiger partial charge on any atom is 0.236 e. The van der Waals surface area contributed by atoms with E-state index in [1.165, 1.54) is 24.6 Å². The number of carbonyl (C=O) groups excluding carboxylic acids is 6. The van der Waals surface area contributed by atoms with Gasteiger partial charge in [0.15, 0.2) is 0 Å². The van der Waals surface area contributed by atoms with E-state index < -0.39 is 6.04 Å². The first kappa shape index (κ1) is 71.4. The first-order chi connectivity index (χ1) is 31.1. The van der Waals surface area contributed by atoms with Crippen LogP contribution in [-0.2, 0) is 44.7 Å². The number of methoxy groups -OCH3 is 2. The lowest BCUT2D eigenvalue weighted by Crippen LogP contribution is -2.50. The number of hydrogen-bond donors (Lipinski definition) is 7. The molecule has 1 aromatic rings. The Labute approximate surface area is 406 Å². The Hall–Kier alpha value is -3.65. The van der Waals surface area contributed by atoms with Crippen molar-refractivity contribution in [2.45, 2.75) is 151 Å². The number of aldehydes is 2. The van der Waals surface area contributed by atoms with Crippen molar-refractivity contribution in [1.29, 1.82) is 0 Å².